The SMILES string of the molecule is COC(=O)C1=C(O)c2cccn2C2(CCOCC2)C1=O. The Morgan fingerprint density at radius 3 is 2.80 bits per heavy atom. The van der Waals surface area contributed by atoms with Gasteiger partial charge in [-0.25, -0.2) is 4.79 Å². The van der Waals surface area contributed by atoms with Gasteiger partial charge in [0.15, 0.2) is 11.5 Å². The Balaban J connectivity index is 2.21. The molecule has 1 fully saturated rings. The molecule has 0 amide bonds. The van der Waals surface area contributed by atoms with Crippen molar-refractivity contribution < 1.29 is 24.2 Å². The fraction of sp³-hybridized carbons (Fsp3) is 0.429. The molecule has 1 aromatic rings. The average Bonchev–Trinajstić information content (AvgIpc) is 2.97. The molecule has 3 rings (SSSR count). The zero-order chi connectivity index (χ0) is 14.3. The first-order chi connectivity index (χ1) is 9.62. The van der Waals surface area contributed by atoms with E-state index in [1.54, 1.807) is 22.9 Å². The topological polar surface area (TPSA) is 77.8 Å². The number of rotatable bonds is 1. The number of hydrogen-bond donors (Lipinski definition) is 1. The van der Waals surface area contributed by atoms with E-state index in [0.29, 0.717) is 31.7 Å². The van der Waals surface area contributed by atoms with Gasteiger partial charge < -0.3 is 19.1 Å². The van der Waals surface area contributed by atoms with Gasteiger partial charge in [0.25, 0.3) is 0 Å². The fourth-order valence-corrected chi connectivity index (χ4v) is 2.99. The number of carbonyl (C=O) groups excluding carboxylic acids is 2. The van der Waals surface area contributed by atoms with Gasteiger partial charge in [0, 0.05) is 32.3 Å². The first kappa shape index (κ1) is 12.9. The summed E-state index contributed by atoms with van der Waals surface area (Å²) in [7, 11) is 1.19. The first-order valence-corrected chi connectivity index (χ1v) is 6.44. The van der Waals surface area contributed by atoms with E-state index in [4.69, 9.17) is 4.74 Å². The molecular weight excluding hydrogens is 262 g/mol. The number of aromatic nitrogens is 1. The Morgan fingerprint density at radius 1 is 1.45 bits per heavy atom. The molecule has 6 heteroatoms. The maximum atomic E-state index is 12.8. The summed E-state index contributed by atoms with van der Waals surface area (Å²) in [5.41, 5.74) is -0.653. The van der Waals surface area contributed by atoms with E-state index >= 15 is 0 Å². The maximum absolute atomic E-state index is 12.8. The number of hydrogen-bond acceptors (Lipinski definition) is 5. The largest absolute Gasteiger partial charge is 0.505 e. The molecule has 1 saturated heterocycles. The second-order valence-corrected chi connectivity index (χ2v) is 4.95. The monoisotopic (exact) mass is 277 g/mol. The minimum atomic E-state index is -0.854. The number of aliphatic hydroxyl groups is 1. The summed E-state index contributed by atoms with van der Waals surface area (Å²) in [6.07, 6.45) is 2.70. The van der Waals surface area contributed by atoms with Crippen LogP contribution in [0.1, 0.15) is 18.5 Å². The van der Waals surface area contributed by atoms with E-state index in [0.717, 1.165) is 0 Å². The average molecular weight is 277 g/mol. The van der Waals surface area contributed by atoms with Crippen LogP contribution in [0.2, 0.25) is 0 Å². The summed E-state index contributed by atoms with van der Waals surface area (Å²) in [6, 6.07) is 3.43. The van der Waals surface area contributed by atoms with Gasteiger partial charge in [-0.05, 0) is 12.1 Å². The lowest BCUT2D eigenvalue weighted by atomic mass is 9.79. The van der Waals surface area contributed by atoms with E-state index in [1.807, 2.05) is 0 Å². The van der Waals surface area contributed by atoms with Gasteiger partial charge in [-0.15, -0.1) is 0 Å². The van der Waals surface area contributed by atoms with Crippen molar-refractivity contribution >= 4 is 17.5 Å². The van der Waals surface area contributed by atoms with E-state index in [-0.39, 0.29) is 11.3 Å². The molecule has 0 aromatic carbocycles. The summed E-state index contributed by atoms with van der Waals surface area (Å²) in [5.74, 6) is -1.51. The molecule has 1 aromatic heterocycles. The van der Waals surface area contributed by atoms with Gasteiger partial charge in [-0.2, -0.15) is 0 Å². The quantitative estimate of drug-likeness (QED) is 0.612. The lowest BCUT2D eigenvalue weighted by Crippen LogP contribution is -2.50. The third kappa shape index (κ3) is 1.54. The molecular formula is C14H15NO5. The van der Waals surface area contributed by atoms with E-state index in [2.05, 4.69) is 4.74 Å². The third-order valence-corrected chi connectivity index (χ3v) is 4.05. The number of ether oxygens (including phenoxy) is 2. The van der Waals surface area contributed by atoms with Crippen molar-refractivity contribution in [2.24, 2.45) is 0 Å². The minimum Gasteiger partial charge on any atom is -0.505 e. The molecule has 0 unspecified atom stereocenters. The van der Waals surface area contributed by atoms with Gasteiger partial charge in [0.1, 0.15) is 11.1 Å². The molecule has 2 aliphatic heterocycles. The molecule has 106 valence electrons. The molecule has 20 heavy (non-hydrogen) atoms. The molecule has 1 spiro atoms. The second kappa shape index (κ2) is 4.49. The van der Waals surface area contributed by atoms with Gasteiger partial charge >= 0.3 is 5.97 Å². The lowest BCUT2D eigenvalue weighted by Gasteiger charge is -2.41. The fourth-order valence-electron chi connectivity index (χ4n) is 2.99. The van der Waals surface area contributed by atoms with Crippen LogP contribution in [-0.4, -0.2) is 41.7 Å². The second-order valence-electron chi connectivity index (χ2n) is 4.95. The van der Waals surface area contributed by atoms with Crippen LogP contribution in [0.5, 0.6) is 0 Å². The number of esters is 1. The highest BCUT2D eigenvalue weighted by atomic mass is 16.5. The summed E-state index contributed by atoms with van der Waals surface area (Å²) < 4.78 is 11.7. The van der Waals surface area contributed by atoms with Crippen molar-refractivity contribution in [3.63, 3.8) is 0 Å². The third-order valence-electron chi connectivity index (χ3n) is 4.05. The molecule has 0 radical (unpaired) electrons. The molecule has 3 heterocycles. The maximum Gasteiger partial charge on any atom is 0.345 e. The van der Waals surface area contributed by atoms with Crippen LogP contribution in [0, 0.1) is 0 Å². The number of Topliss-reactive ketones (excluding diaryl/α,β-unsaturated/α-hetero) is 1. The van der Waals surface area contributed by atoms with E-state index in [9.17, 15) is 14.7 Å². The molecule has 0 aliphatic carbocycles. The van der Waals surface area contributed by atoms with Crippen molar-refractivity contribution in [3.8, 4) is 0 Å². The van der Waals surface area contributed by atoms with Crippen LogP contribution in [-0.2, 0) is 24.6 Å². The Kier molecular flexibility index (Phi) is 2.90. The Bertz CT molecular complexity index is 607. The predicted molar refractivity (Wildman–Crippen MR) is 69.0 cm³/mol. The molecule has 0 bridgehead atoms. The van der Waals surface area contributed by atoms with Crippen LogP contribution >= 0.6 is 0 Å². The van der Waals surface area contributed by atoms with E-state index < -0.39 is 17.3 Å². The molecule has 0 saturated carbocycles. The predicted octanol–water partition coefficient (Wildman–Crippen LogP) is 1.02. The first-order valence-electron chi connectivity index (χ1n) is 6.44. The minimum absolute atomic E-state index is 0.263. The van der Waals surface area contributed by atoms with Crippen LogP contribution in [0.25, 0.3) is 5.76 Å². The molecule has 6 nitrogen and oxygen atoms in total. The smallest absolute Gasteiger partial charge is 0.345 e. The normalized spacial score (nSPS) is 20.9. The van der Waals surface area contributed by atoms with Gasteiger partial charge in [0.05, 0.1) is 12.8 Å². The van der Waals surface area contributed by atoms with Crippen LogP contribution in [0.3, 0.4) is 0 Å². The van der Waals surface area contributed by atoms with Gasteiger partial charge in [-0.1, -0.05) is 0 Å². The van der Waals surface area contributed by atoms with Crippen LogP contribution in [0.4, 0.5) is 0 Å². The summed E-state index contributed by atoms with van der Waals surface area (Å²) in [6.45, 7) is 0.886. The zero-order valence-corrected chi connectivity index (χ0v) is 11.1. The molecule has 1 N–H and O–H groups in total. The van der Waals surface area contributed by atoms with Crippen molar-refractivity contribution in [1.82, 2.24) is 4.57 Å². The Labute approximate surface area is 115 Å². The van der Waals surface area contributed by atoms with Crippen molar-refractivity contribution in [2.45, 2.75) is 18.4 Å². The zero-order valence-electron chi connectivity index (χ0n) is 11.1. The molecule has 0 atom stereocenters. The van der Waals surface area contributed by atoms with Gasteiger partial charge in [0.2, 0.25) is 0 Å². The lowest BCUT2D eigenvalue weighted by molar-refractivity contribution is -0.141. The number of nitrogens with zero attached hydrogens (tertiary/aromatic N) is 1. The standard InChI is InChI=1S/C14H15NO5/c1-19-13(18)10-11(16)9-3-2-6-15(9)14(12(10)17)4-7-20-8-5-14/h2-3,6,16H,4-5,7-8H2,1H3. The van der Waals surface area contributed by atoms with Crippen LogP contribution < -0.4 is 0 Å². The number of aliphatic hydroxyl groups excluding tert-OH is 1. The number of ketones is 1. The highest BCUT2D eigenvalue weighted by Crippen LogP contribution is 2.40. The number of fused-ring (bicyclic) bond motifs is 2. The number of carbonyl (C=O) groups is 2. The number of methoxy groups -OCH3 is 1. The van der Waals surface area contributed by atoms with E-state index in [1.165, 1.54) is 7.11 Å². The molecule has 2 aliphatic rings. The van der Waals surface area contributed by atoms with Crippen molar-refractivity contribution in [3.05, 3.63) is 29.6 Å². The van der Waals surface area contributed by atoms with Gasteiger partial charge in [-0.3, -0.25) is 4.79 Å². The van der Waals surface area contributed by atoms with Crippen molar-refractivity contribution in [2.75, 3.05) is 20.3 Å². The Morgan fingerprint density at radius 2 is 2.15 bits per heavy atom. The Hall–Kier alpha value is -2.08. The highest BCUT2D eigenvalue weighted by Gasteiger charge is 2.50. The summed E-state index contributed by atoms with van der Waals surface area (Å²) >= 11 is 0. The van der Waals surface area contributed by atoms with Crippen molar-refractivity contribution in [1.29, 1.82) is 0 Å². The van der Waals surface area contributed by atoms with Crippen LogP contribution in [0.15, 0.2) is 23.9 Å². The highest BCUT2D eigenvalue weighted by molar-refractivity contribution is 6.25. The summed E-state index contributed by atoms with van der Waals surface area (Å²) in [5, 5.41) is 10.2. The summed E-state index contributed by atoms with van der Waals surface area (Å²) in [4.78, 5) is 24.6.